The Bertz CT molecular complexity index is 788. The van der Waals surface area contributed by atoms with Gasteiger partial charge in [0.2, 0.25) is 5.75 Å². The lowest BCUT2D eigenvalue weighted by atomic mass is 10.2. The average Bonchev–Trinajstić information content (AvgIpc) is 2.78. The van der Waals surface area contributed by atoms with Gasteiger partial charge in [-0.3, -0.25) is 4.99 Å². The summed E-state index contributed by atoms with van der Waals surface area (Å²) in [5.41, 5.74) is 2.23. The van der Waals surface area contributed by atoms with Crippen LogP contribution in [0.4, 0.5) is 0 Å². The molecule has 0 bridgehead atoms. The highest BCUT2D eigenvalue weighted by Crippen LogP contribution is 2.38. The third-order valence-electron chi connectivity index (χ3n) is 4.56. The molecule has 2 aromatic rings. The van der Waals surface area contributed by atoms with E-state index in [1.807, 2.05) is 24.3 Å². The molecule has 0 spiro atoms. The first-order valence-corrected chi connectivity index (χ1v) is 10.0. The highest BCUT2D eigenvalue weighted by Gasteiger charge is 2.13. The lowest BCUT2D eigenvalue weighted by Gasteiger charge is -2.16. The monoisotopic (exact) mass is 543 g/mol. The van der Waals surface area contributed by atoms with Crippen LogP contribution in [0.3, 0.4) is 0 Å². The number of aryl methyl sites for hydroxylation is 1. The van der Waals surface area contributed by atoms with E-state index in [4.69, 9.17) is 18.9 Å². The molecular formula is C23H34IN3O4. The number of aliphatic imine (C=N–C) groups is 1. The SMILES string of the molecule is CN=C(NCCCCOc1ccc(C)cc1)NCc1cc(OC)c(OC)c(OC)c1.I. The van der Waals surface area contributed by atoms with Gasteiger partial charge in [0.05, 0.1) is 27.9 Å². The predicted molar refractivity (Wildman–Crippen MR) is 136 cm³/mol. The van der Waals surface area contributed by atoms with Crippen LogP contribution in [0.5, 0.6) is 23.0 Å². The molecular weight excluding hydrogens is 509 g/mol. The first-order chi connectivity index (χ1) is 14.6. The number of hydrogen-bond acceptors (Lipinski definition) is 5. The van der Waals surface area contributed by atoms with Crippen LogP contribution in [-0.4, -0.2) is 47.5 Å². The van der Waals surface area contributed by atoms with Crippen LogP contribution in [0.1, 0.15) is 24.0 Å². The molecule has 0 radical (unpaired) electrons. The summed E-state index contributed by atoms with van der Waals surface area (Å²) in [5, 5.41) is 6.63. The number of nitrogens with zero attached hydrogens (tertiary/aromatic N) is 1. The van der Waals surface area contributed by atoms with Gasteiger partial charge < -0.3 is 29.6 Å². The van der Waals surface area contributed by atoms with Gasteiger partial charge in [-0.25, -0.2) is 0 Å². The number of ether oxygens (including phenoxy) is 4. The second-order valence-corrected chi connectivity index (χ2v) is 6.75. The lowest BCUT2D eigenvalue weighted by Crippen LogP contribution is -2.37. The van der Waals surface area contributed by atoms with Crippen molar-refractivity contribution in [2.45, 2.75) is 26.3 Å². The fraction of sp³-hybridized carbons (Fsp3) is 0.435. The summed E-state index contributed by atoms with van der Waals surface area (Å²) >= 11 is 0. The van der Waals surface area contributed by atoms with Crippen molar-refractivity contribution >= 4 is 29.9 Å². The van der Waals surface area contributed by atoms with Crippen LogP contribution in [0.15, 0.2) is 41.4 Å². The third-order valence-corrected chi connectivity index (χ3v) is 4.56. The molecule has 0 fully saturated rings. The molecule has 0 aliphatic rings. The molecule has 0 aliphatic carbocycles. The van der Waals surface area contributed by atoms with Gasteiger partial charge in [-0.05, 0) is 49.6 Å². The van der Waals surface area contributed by atoms with Crippen LogP contribution < -0.4 is 29.6 Å². The van der Waals surface area contributed by atoms with Crippen LogP contribution in [-0.2, 0) is 6.54 Å². The maximum absolute atomic E-state index is 5.75. The summed E-state index contributed by atoms with van der Waals surface area (Å²) in [5.74, 6) is 3.49. The number of benzene rings is 2. The molecule has 0 saturated heterocycles. The molecule has 2 rings (SSSR count). The standard InChI is InChI=1S/C23H33N3O4.HI/c1-17-8-10-19(11-9-17)30-13-7-6-12-25-23(24-2)26-16-18-14-20(27-3)22(29-5)21(15-18)28-4;/h8-11,14-15H,6-7,12-13,16H2,1-5H3,(H2,24,25,26);1H. The second kappa shape index (κ2) is 14.6. The lowest BCUT2D eigenvalue weighted by molar-refractivity contribution is 0.307. The zero-order valence-corrected chi connectivity index (χ0v) is 21.3. The van der Waals surface area contributed by atoms with Crippen molar-refractivity contribution in [3.8, 4) is 23.0 Å². The number of nitrogens with one attached hydrogen (secondary N) is 2. The van der Waals surface area contributed by atoms with Crippen molar-refractivity contribution in [1.29, 1.82) is 0 Å². The zero-order chi connectivity index (χ0) is 21.8. The van der Waals surface area contributed by atoms with Crippen LogP contribution >= 0.6 is 24.0 Å². The normalized spacial score (nSPS) is 10.7. The van der Waals surface area contributed by atoms with Gasteiger partial charge in [-0.1, -0.05) is 17.7 Å². The van der Waals surface area contributed by atoms with E-state index < -0.39 is 0 Å². The minimum absolute atomic E-state index is 0. The summed E-state index contributed by atoms with van der Waals surface area (Å²) < 4.78 is 21.9. The highest BCUT2D eigenvalue weighted by molar-refractivity contribution is 14.0. The Labute approximate surface area is 202 Å². The smallest absolute Gasteiger partial charge is 0.203 e. The molecule has 0 aliphatic heterocycles. The summed E-state index contributed by atoms with van der Waals surface area (Å²) in [6, 6.07) is 12.0. The summed E-state index contributed by atoms with van der Waals surface area (Å²) in [6.07, 6.45) is 1.95. The molecule has 172 valence electrons. The highest BCUT2D eigenvalue weighted by atomic mass is 127. The molecule has 0 atom stereocenters. The average molecular weight is 543 g/mol. The summed E-state index contributed by atoms with van der Waals surface area (Å²) in [6.45, 7) is 4.15. The molecule has 0 saturated carbocycles. The largest absolute Gasteiger partial charge is 0.494 e. The van der Waals surface area contributed by atoms with E-state index in [-0.39, 0.29) is 24.0 Å². The van der Waals surface area contributed by atoms with Crippen molar-refractivity contribution in [2.24, 2.45) is 4.99 Å². The maximum Gasteiger partial charge on any atom is 0.203 e. The number of methoxy groups -OCH3 is 3. The van der Waals surface area contributed by atoms with Gasteiger partial charge in [0.1, 0.15) is 5.75 Å². The first-order valence-electron chi connectivity index (χ1n) is 10.0. The molecule has 0 aromatic heterocycles. The molecule has 0 heterocycles. The van der Waals surface area contributed by atoms with Gasteiger partial charge in [0.25, 0.3) is 0 Å². The number of hydrogen-bond donors (Lipinski definition) is 2. The maximum atomic E-state index is 5.75. The zero-order valence-electron chi connectivity index (χ0n) is 19.0. The van der Waals surface area contributed by atoms with Gasteiger partial charge in [0.15, 0.2) is 17.5 Å². The van der Waals surface area contributed by atoms with E-state index in [1.54, 1.807) is 28.4 Å². The van der Waals surface area contributed by atoms with Gasteiger partial charge in [0, 0.05) is 20.1 Å². The molecule has 2 aromatic carbocycles. The molecule has 31 heavy (non-hydrogen) atoms. The van der Waals surface area contributed by atoms with Crippen molar-refractivity contribution < 1.29 is 18.9 Å². The van der Waals surface area contributed by atoms with E-state index in [9.17, 15) is 0 Å². The second-order valence-electron chi connectivity index (χ2n) is 6.75. The number of halogens is 1. The van der Waals surface area contributed by atoms with E-state index in [0.29, 0.717) is 30.4 Å². The van der Waals surface area contributed by atoms with Crippen molar-refractivity contribution in [2.75, 3.05) is 41.5 Å². The topological polar surface area (TPSA) is 73.3 Å². The Morgan fingerprint density at radius 1 is 0.903 bits per heavy atom. The number of unbranched alkanes of at least 4 members (excludes halogenated alkanes) is 1. The summed E-state index contributed by atoms with van der Waals surface area (Å²) in [4.78, 5) is 4.27. The fourth-order valence-corrected chi connectivity index (χ4v) is 2.90. The Kier molecular flexibility index (Phi) is 12.6. The fourth-order valence-electron chi connectivity index (χ4n) is 2.90. The predicted octanol–water partition coefficient (Wildman–Crippen LogP) is 4.16. The molecule has 0 unspecified atom stereocenters. The van der Waals surface area contributed by atoms with Gasteiger partial charge >= 0.3 is 0 Å². The van der Waals surface area contributed by atoms with Gasteiger partial charge in [-0.15, -0.1) is 24.0 Å². The van der Waals surface area contributed by atoms with Crippen LogP contribution in [0.2, 0.25) is 0 Å². The Hall–Kier alpha value is -2.36. The number of guanidine groups is 1. The minimum atomic E-state index is 0. The molecule has 2 N–H and O–H groups in total. The molecule has 0 amide bonds. The van der Waals surface area contributed by atoms with Crippen molar-refractivity contribution in [3.05, 3.63) is 47.5 Å². The third kappa shape index (κ3) is 8.72. The molecule has 7 nitrogen and oxygen atoms in total. The van der Waals surface area contributed by atoms with Gasteiger partial charge in [-0.2, -0.15) is 0 Å². The van der Waals surface area contributed by atoms with E-state index in [2.05, 4.69) is 34.7 Å². The Balaban J connectivity index is 0.00000480. The molecule has 8 heteroatoms. The van der Waals surface area contributed by atoms with E-state index >= 15 is 0 Å². The first kappa shape index (κ1) is 26.7. The Morgan fingerprint density at radius 3 is 2.10 bits per heavy atom. The van der Waals surface area contributed by atoms with Crippen LogP contribution in [0.25, 0.3) is 0 Å². The Morgan fingerprint density at radius 2 is 1.55 bits per heavy atom. The number of rotatable bonds is 11. The van der Waals surface area contributed by atoms with Crippen molar-refractivity contribution in [1.82, 2.24) is 10.6 Å². The quantitative estimate of drug-likeness (QED) is 0.192. The van der Waals surface area contributed by atoms with E-state index in [1.165, 1.54) is 5.56 Å². The van der Waals surface area contributed by atoms with Crippen molar-refractivity contribution in [3.63, 3.8) is 0 Å². The minimum Gasteiger partial charge on any atom is -0.494 e. The summed E-state index contributed by atoms with van der Waals surface area (Å²) in [7, 11) is 6.57. The van der Waals surface area contributed by atoms with Crippen LogP contribution in [0, 0.1) is 6.92 Å². The van der Waals surface area contributed by atoms with E-state index in [0.717, 1.165) is 36.7 Å².